The van der Waals surface area contributed by atoms with Gasteiger partial charge in [0.2, 0.25) is 0 Å². The third kappa shape index (κ3) is 4.43. The van der Waals surface area contributed by atoms with E-state index in [0.717, 1.165) is 12.0 Å². The number of pyridine rings is 2. The highest BCUT2D eigenvalue weighted by atomic mass is 32.2. The summed E-state index contributed by atoms with van der Waals surface area (Å²) in [6.45, 7) is 4.21. The average Bonchev–Trinajstić information content (AvgIpc) is 2.68. The van der Waals surface area contributed by atoms with Gasteiger partial charge in [-0.25, -0.2) is 13.4 Å². The van der Waals surface area contributed by atoms with Gasteiger partial charge in [-0.1, -0.05) is 26.0 Å². The van der Waals surface area contributed by atoms with E-state index >= 15 is 0 Å². The molecule has 6 nitrogen and oxygen atoms in total. The Morgan fingerprint density at radius 3 is 2.26 bits per heavy atom. The first-order valence-corrected chi connectivity index (χ1v) is 10.1. The number of anilines is 1. The van der Waals surface area contributed by atoms with Crippen LogP contribution in [0, 0.1) is 0 Å². The van der Waals surface area contributed by atoms with Crippen LogP contribution in [0.15, 0.2) is 76.8 Å². The van der Waals surface area contributed by atoms with E-state index in [1.54, 1.807) is 41.2 Å². The minimum absolute atomic E-state index is 0.0880. The summed E-state index contributed by atoms with van der Waals surface area (Å²) >= 11 is 0. The summed E-state index contributed by atoms with van der Waals surface area (Å²) in [6.07, 6.45) is 5.65. The zero-order valence-electron chi connectivity index (χ0n) is 15.2. The van der Waals surface area contributed by atoms with Crippen molar-refractivity contribution in [1.29, 1.82) is 0 Å². The average molecular weight is 383 g/mol. The number of rotatable bonds is 6. The van der Waals surface area contributed by atoms with E-state index in [2.05, 4.69) is 23.6 Å². The van der Waals surface area contributed by atoms with Gasteiger partial charge in [0.25, 0.3) is 10.0 Å². The topological polar surface area (TPSA) is 81.1 Å². The molecule has 0 aliphatic rings. The maximum absolute atomic E-state index is 12.6. The van der Waals surface area contributed by atoms with Gasteiger partial charge in [-0.05, 0) is 42.2 Å². The van der Waals surface area contributed by atoms with Crippen molar-refractivity contribution in [3.63, 3.8) is 0 Å². The summed E-state index contributed by atoms with van der Waals surface area (Å²) in [5.41, 5.74) is 1.39. The number of hydrogen-bond acceptors (Lipinski definition) is 4. The van der Waals surface area contributed by atoms with Crippen molar-refractivity contribution in [2.24, 2.45) is 0 Å². The molecule has 0 radical (unpaired) electrons. The molecular weight excluding hydrogens is 362 g/mol. The SMILES string of the molecule is CCC(C)c1ccc(S(=O)(=O)Nc2ccc(-n3ccc(=O)cc3)nc2)cc1. The normalized spacial score (nSPS) is 12.5. The van der Waals surface area contributed by atoms with Gasteiger partial charge in [0.05, 0.1) is 16.8 Å². The van der Waals surface area contributed by atoms with Crippen molar-refractivity contribution in [2.75, 3.05) is 4.72 Å². The van der Waals surface area contributed by atoms with Crippen LogP contribution in [-0.4, -0.2) is 18.0 Å². The summed E-state index contributed by atoms with van der Waals surface area (Å²) in [4.78, 5) is 15.6. The van der Waals surface area contributed by atoms with E-state index < -0.39 is 10.0 Å². The molecule has 0 saturated carbocycles. The summed E-state index contributed by atoms with van der Waals surface area (Å²) in [6, 6.07) is 13.1. The summed E-state index contributed by atoms with van der Waals surface area (Å²) in [7, 11) is -3.68. The molecule has 0 amide bonds. The van der Waals surface area contributed by atoms with Crippen LogP contribution in [0.25, 0.3) is 5.82 Å². The second-order valence-corrected chi connectivity index (χ2v) is 8.01. The third-order valence-corrected chi connectivity index (χ3v) is 5.83. The van der Waals surface area contributed by atoms with Gasteiger partial charge >= 0.3 is 0 Å². The van der Waals surface area contributed by atoms with E-state index in [-0.39, 0.29) is 10.3 Å². The van der Waals surface area contributed by atoms with Crippen LogP contribution in [0.4, 0.5) is 5.69 Å². The molecule has 27 heavy (non-hydrogen) atoms. The molecule has 3 aromatic rings. The molecule has 1 aromatic carbocycles. The van der Waals surface area contributed by atoms with Crippen molar-refractivity contribution < 1.29 is 8.42 Å². The van der Waals surface area contributed by atoms with Crippen molar-refractivity contribution in [2.45, 2.75) is 31.1 Å². The molecule has 0 saturated heterocycles. The molecule has 3 rings (SSSR count). The second-order valence-electron chi connectivity index (χ2n) is 6.33. The Kier molecular flexibility index (Phi) is 5.41. The highest BCUT2D eigenvalue weighted by Gasteiger charge is 2.15. The minimum Gasteiger partial charge on any atom is -0.308 e. The molecule has 1 unspecified atom stereocenters. The second kappa shape index (κ2) is 7.75. The molecular formula is C20H21N3O3S. The molecule has 2 heterocycles. The monoisotopic (exact) mass is 383 g/mol. The van der Waals surface area contributed by atoms with Crippen LogP contribution in [0.2, 0.25) is 0 Å². The number of benzene rings is 1. The van der Waals surface area contributed by atoms with Gasteiger partial charge < -0.3 is 4.57 Å². The van der Waals surface area contributed by atoms with E-state index in [0.29, 0.717) is 17.4 Å². The maximum atomic E-state index is 12.6. The van der Waals surface area contributed by atoms with Gasteiger partial charge in [-0.15, -0.1) is 0 Å². The van der Waals surface area contributed by atoms with E-state index in [4.69, 9.17) is 0 Å². The van der Waals surface area contributed by atoms with Crippen LogP contribution in [-0.2, 0) is 10.0 Å². The summed E-state index contributed by atoms with van der Waals surface area (Å²) < 4.78 is 29.3. The van der Waals surface area contributed by atoms with E-state index in [1.807, 2.05) is 12.1 Å². The predicted octanol–water partition coefficient (Wildman–Crippen LogP) is 3.55. The molecule has 140 valence electrons. The smallest absolute Gasteiger partial charge is 0.261 e. The molecule has 0 spiro atoms. The van der Waals surface area contributed by atoms with Gasteiger partial charge in [0.1, 0.15) is 5.82 Å². The van der Waals surface area contributed by atoms with Gasteiger partial charge in [0, 0.05) is 24.5 Å². The van der Waals surface area contributed by atoms with Crippen molar-refractivity contribution in [1.82, 2.24) is 9.55 Å². The Balaban J connectivity index is 1.77. The lowest BCUT2D eigenvalue weighted by molar-refractivity contribution is 0.601. The number of nitrogens with zero attached hydrogens (tertiary/aromatic N) is 2. The van der Waals surface area contributed by atoms with Crippen LogP contribution in [0.1, 0.15) is 31.7 Å². The fraction of sp³-hybridized carbons (Fsp3) is 0.200. The molecule has 1 N–H and O–H groups in total. The minimum atomic E-state index is -3.68. The first kappa shape index (κ1) is 18.8. The molecule has 0 bridgehead atoms. The molecule has 0 fully saturated rings. The highest BCUT2D eigenvalue weighted by molar-refractivity contribution is 7.92. The Hall–Kier alpha value is -2.93. The predicted molar refractivity (Wildman–Crippen MR) is 106 cm³/mol. The fourth-order valence-corrected chi connectivity index (χ4v) is 3.63. The van der Waals surface area contributed by atoms with Crippen LogP contribution in [0.3, 0.4) is 0 Å². The Morgan fingerprint density at radius 2 is 1.70 bits per heavy atom. The molecule has 7 heteroatoms. The van der Waals surface area contributed by atoms with Gasteiger partial charge in [-0.2, -0.15) is 0 Å². The van der Waals surface area contributed by atoms with Crippen LogP contribution in [0.5, 0.6) is 0 Å². The molecule has 2 aromatic heterocycles. The fourth-order valence-electron chi connectivity index (χ4n) is 2.59. The van der Waals surface area contributed by atoms with Gasteiger partial charge in [-0.3, -0.25) is 9.52 Å². The number of hydrogen-bond donors (Lipinski definition) is 1. The van der Waals surface area contributed by atoms with Gasteiger partial charge in [0.15, 0.2) is 5.43 Å². The van der Waals surface area contributed by atoms with E-state index in [1.165, 1.54) is 18.3 Å². The number of sulfonamides is 1. The third-order valence-electron chi connectivity index (χ3n) is 4.44. The molecule has 0 aliphatic heterocycles. The summed E-state index contributed by atoms with van der Waals surface area (Å²) in [5, 5.41) is 0. The lowest BCUT2D eigenvalue weighted by Crippen LogP contribution is -2.13. The lowest BCUT2D eigenvalue weighted by Gasteiger charge is -2.12. The molecule has 0 aliphatic carbocycles. The maximum Gasteiger partial charge on any atom is 0.261 e. The largest absolute Gasteiger partial charge is 0.308 e. The Morgan fingerprint density at radius 1 is 1.04 bits per heavy atom. The highest BCUT2D eigenvalue weighted by Crippen LogP contribution is 2.22. The van der Waals surface area contributed by atoms with Crippen LogP contribution >= 0.6 is 0 Å². The zero-order valence-corrected chi connectivity index (χ0v) is 16.0. The Bertz CT molecular complexity index is 1050. The Labute approximate surface area is 158 Å². The van der Waals surface area contributed by atoms with Crippen molar-refractivity contribution >= 4 is 15.7 Å². The quantitative estimate of drug-likeness (QED) is 0.706. The first-order valence-electron chi connectivity index (χ1n) is 8.66. The van der Waals surface area contributed by atoms with E-state index in [9.17, 15) is 13.2 Å². The lowest BCUT2D eigenvalue weighted by atomic mass is 9.99. The van der Waals surface area contributed by atoms with Crippen LogP contribution < -0.4 is 10.2 Å². The van der Waals surface area contributed by atoms with Crippen molar-refractivity contribution in [3.05, 3.63) is 82.9 Å². The summed E-state index contributed by atoms with van der Waals surface area (Å²) in [5.74, 6) is 0.968. The standard InChI is InChI=1S/C20H21N3O3S/c1-3-15(2)16-4-7-19(8-5-16)27(25,26)22-17-6-9-20(21-14-17)23-12-10-18(24)11-13-23/h4-15,22H,3H2,1-2H3. The molecule has 1 atom stereocenters. The number of nitrogens with one attached hydrogen (secondary N) is 1. The number of aromatic nitrogens is 2. The van der Waals surface area contributed by atoms with Crippen molar-refractivity contribution in [3.8, 4) is 5.82 Å². The first-order chi connectivity index (χ1) is 12.9. The zero-order chi connectivity index (χ0) is 19.4.